The molecule has 254 valence electrons. The lowest BCUT2D eigenvalue weighted by Gasteiger charge is -2.52. The molecule has 49 heavy (non-hydrogen) atoms. The summed E-state index contributed by atoms with van der Waals surface area (Å²) in [5, 5.41) is 1.95. The van der Waals surface area contributed by atoms with Crippen LogP contribution in [0.1, 0.15) is 125 Å². The van der Waals surface area contributed by atoms with Crippen molar-refractivity contribution < 1.29 is 9.59 Å². The maximum Gasteiger partial charge on any atom is 0.239 e. The Morgan fingerprint density at radius 1 is 0.612 bits per heavy atom. The van der Waals surface area contributed by atoms with Gasteiger partial charge in [-0.2, -0.15) is 0 Å². The molecule has 3 aliphatic carbocycles. The first-order valence-corrected chi connectivity index (χ1v) is 19.2. The summed E-state index contributed by atoms with van der Waals surface area (Å²) in [5.74, 6) is -1.36. The summed E-state index contributed by atoms with van der Waals surface area (Å²) >= 11 is 0. The fourth-order valence-corrected chi connectivity index (χ4v) is 9.30. The number of imide groups is 1. The molecule has 4 nitrogen and oxygen atoms in total. The van der Waals surface area contributed by atoms with E-state index in [-0.39, 0.29) is 17.7 Å². The zero-order chi connectivity index (χ0) is 33.6. The first-order chi connectivity index (χ1) is 24.2. The van der Waals surface area contributed by atoms with E-state index in [4.69, 9.17) is 4.99 Å². The zero-order valence-corrected chi connectivity index (χ0v) is 29.3. The van der Waals surface area contributed by atoms with Crippen molar-refractivity contribution in [2.24, 2.45) is 16.8 Å². The van der Waals surface area contributed by atoms with Gasteiger partial charge < -0.3 is 0 Å². The molecule has 1 heterocycles. The highest BCUT2D eigenvalue weighted by Crippen LogP contribution is 2.63. The first-order valence-electron chi connectivity index (χ1n) is 19.2. The fourth-order valence-electron chi connectivity index (χ4n) is 9.30. The maximum absolute atomic E-state index is 14.8. The smallest absolute Gasteiger partial charge is 0.239 e. The van der Waals surface area contributed by atoms with Gasteiger partial charge in [0.05, 0.1) is 22.9 Å². The molecule has 1 aliphatic heterocycles. The molecule has 4 aliphatic rings. The highest BCUT2D eigenvalue weighted by Gasteiger charge is 2.68. The van der Waals surface area contributed by atoms with Crippen molar-refractivity contribution in [3.05, 3.63) is 113 Å². The number of hydrogen-bond donors (Lipinski definition) is 0. The molecular weight excluding hydrogens is 601 g/mol. The van der Waals surface area contributed by atoms with Crippen molar-refractivity contribution in [2.45, 2.75) is 108 Å². The van der Waals surface area contributed by atoms with Gasteiger partial charge in [-0.1, -0.05) is 175 Å². The molecular formula is C45H52N2O2. The Balaban J connectivity index is 1.06. The van der Waals surface area contributed by atoms with Crippen LogP contribution in [0.15, 0.2) is 96.0 Å². The number of hydrogen-bond acceptors (Lipinski definition) is 3. The van der Waals surface area contributed by atoms with Gasteiger partial charge in [-0.3, -0.25) is 14.6 Å². The Bertz CT molecular complexity index is 1750. The predicted molar refractivity (Wildman–Crippen MR) is 203 cm³/mol. The van der Waals surface area contributed by atoms with Crippen molar-refractivity contribution in [2.75, 3.05) is 11.4 Å². The minimum absolute atomic E-state index is 0.0925. The van der Waals surface area contributed by atoms with Gasteiger partial charge in [0.1, 0.15) is 0 Å². The van der Waals surface area contributed by atoms with Crippen LogP contribution in [0.4, 0.5) is 5.69 Å². The van der Waals surface area contributed by atoms with Gasteiger partial charge in [0.2, 0.25) is 11.8 Å². The minimum Gasteiger partial charge on any atom is -0.296 e. The first kappa shape index (κ1) is 33.4. The molecule has 0 unspecified atom stereocenters. The quantitative estimate of drug-likeness (QED) is 0.0647. The topological polar surface area (TPSA) is 49.7 Å². The van der Waals surface area contributed by atoms with Crippen LogP contribution in [0, 0.1) is 11.8 Å². The number of rotatable bonds is 17. The lowest BCUT2D eigenvalue weighted by atomic mass is 9.47. The van der Waals surface area contributed by atoms with Gasteiger partial charge in [0.25, 0.3) is 0 Å². The number of aliphatic imine (C=N–C) groups is 1. The van der Waals surface area contributed by atoms with E-state index in [1.165, 1.54) is 88.4 Å². The van der Waals surface area contributed by atoms with E-state index in [1.807, 2.05) is 42.5 Å². The van der Waals surface area contributed by atoms with E-state index in [9.17, 15) is 9.59 Å². The molecule has 0 aromatic heterocycles. The van der Waals surface area contributed by atoms with E-state index >= 15 is 0 Å². The van der Waals surface area contributed by atoms with Gasteiger partial charge >= 0.3 is 0 Å². The Morgan fingerprint density at radius 3 is 1.78 bits per heavy atom. The van der Waals surface area contributed by atoms with Gasteiger partial charge in [-0.05, 0) is 40.1 Å². The van der Waals surface area contributed by atoms with Crippen molar-refractivity contribution in [3.8, 4) is 0 Å². The number of fused-ring (bicyclic) bond motifs is 1. The van der Waals surface area contributed by atoms with Crippen LogP contribution in [-0.2, 0) is 15.0 Å². The zero-order valence-electron chi connectivity index (χ0n) is 29.3. The lowest BCUT2D eigenvalue weighted by molar-refractivity contribution is -0.122. The summed E-state index contributed by atoms with van der Waals surface area (Å²) in [5.41, 5.74) is 4.48. The average Bonchev–Trinajstić information content (AvgIpc) is 3.41. The monoisotopic (exact) mass is 652 g/mol. The van der Waals surface area contributed by atoms with Gasteiger partial charge in [-0.25, -0.2) is 4.90 Å². The van der Waals surface area contributed by atoms with Gasteiger partial charge in [0, 0.05) is 24.1 Å². The molecule has 1 fully saturated rings. The molecule has 4 heteroatoms. The second-order valence-corrected chi connectivity index (χ2v) is 14.7. The van der Waals surface area contributed by atoms with Crippen LogP contribution >= 0.6 is 0 Å². The van der Waals surface area contributed by atoms with E-state index < -0.39 is 17.3 Å². The van der Waals surface area contributed by atoms with Crippen LogP contribution in [0.25, 0.3) is 10.8 Å². The third kappa shape index (κ3) is 6.17. The average molecular weight is 653 g/mol. The summed E-state index contributed by atoms with van der Waals surface area (Å²) in [6, 6.07) is 30.9. The highest BCUT2D eigenvalue weighted by molar-refractivity contribution is 6.27. The number of carbonyl (C=O) groups excluding carboxylic acids is 2. The number of benzene rings is 4. The van der Waals surface area contributed by atoms with Crippen molar-refractivity contribution >= 4 is 34.5 Å². The summed E-state index contributed by atoms with van der Waals surface area (Å²) in [6.07, 6.45) is 20.7. The van der Waals surface area contributed by atoms with Gasteiger partial charge in [-0.15, -0.1) is 0 Å². The van der Waals surface area contributed by atoms with Crippen molar-refractivity contribution in [1.82, 2.24) is 0 Å². The minimum atomic E-state index is -0.783. The van der Waals surface area contributed by atoms with Crippen molar-refractivity contribution in [3.63, 3.8) is 0 Å². The van der Waals surface area contributed by atoms with E-state index in [0.717, 1.165) is 46.0 Å². The lowest BCUT2D eigenvalue weighted by Crippen LogP contribution is -2.54. The Hall–Kier alpha value is -4.05. The molecule has 2 atom stereocenters. The molecule has 4 aromatic carbocycles. The molecule has 0 spiro atoms. The second kappa shape index (κ2) is 15.2. The Kier molecular flexibility index (Phi) is 10.4. The fraction of sp³-hybridized carbons (Fsp3) is 0.444. The molecule has 2 amide bonds. The summed E-state index contributed by atoms with van der Waals surface area (Å²) in [4.78, 5) is 36.1. The third-order valence-corrected chi connectivity index (χ3v) is 11.6. The van der Waals surface area contributed by atoms with Crippen LogP contribution < -0.4 is 4.90 Å². The second-order valence-electron chi connectivity index (χ2n) is 14.7. The molecule has 4 aromatic rings. The molecule has 0 radical (unpaired) electrons. The van der Waals surface area contributed by atoms with Crippen LogP contribution in [0.5, 0.6) is 0 Å². The third-order valence-electron chi connectivity index (χ3n) is 11.6. The highest BCUT2D eigenvalue weighted by atomic mass is 16.2. The normalized spacial score (nSPS) is 22.2. The summed E-state index contributed by atoms with van der Waals surface area (Å²) in [7, 11) is 0. The van der Waals surface area contributed by atoms with Crippen LogP contribution in [-0.4, -0.2) is 24.6 Å². The maximum atomic E-state index is 14.8. The van der Waals surface area contributed by atoms with E-state index in [2.05, 4.69) is 61.7 Å². The van der Waals surface area contributed by atoms with E-state index in [1.54, 1.807) is 0 Å². The number of amides is 2. The number of nitrogens with zero attached hydrogens (tertiary/aromatic N) is 2. The predicted octanol–water partition coefficient (Wildman–Crippen LogP) is 10.9. The number of unbranched alkanes of at least 4 members (excludes halogenated alkanes) is 13. The van der Waals surface area contributed by atoms with E-state index in [0.29, 0.717) is 5.69 Å². The number of carbonyl (C=O) groups is 2. The van der Waals surface area contributed by atoms with Crippen LogP contribution in [0.3, 0.4) is 0 Å². The van der Waals surface area contributed by atoms with Gasteiger partial charge in [0.15, 0.2) is 0 Å². The Morgan fingerprint density at radius 2 is 1.14 bits per heavy atom. The molecule has 0 saturated carbocycles. The largest absolute Gasteiger partial charge is 0.296 e. The summed E-state index contributed by atoms with van der Waals surface area (Å²) < 4.78 is 0. The van der Waals surface area contributed by atoms with Crippen molar-refractivity contribution in [1.29, 1.82) is 0 Å². The Labute approximate surface area is 293 Å². The summed E-state index contributed by atoms with van der Waals surface area (Å²) in [6.45, 7) is 3.02. The van der Waals surface area contributed by atoms with Crippen LogP contribution in [0.2, 0.25) is 0 Å². The molecule has 2 bridgehead atoms. The number of anilines is 1. The molecule has 0 N–H and O–H groups in total. The molecule has 8 rings (SSSR count). The molecule has 1 saturated heterocycles. The standard InChI is InChI=1S/C45H52N2O2/c1-2-3-4-5-6-7-8-9-10-11-12-13-14-21-31-46-32-45-37-28-19-17-26-35(37)40(36-27-18-20-29-38(36)45)41-42(45)44(49)47(43(41)48)39-30-22-24-33-23-15-16-25-34(33)39/h15-20,22-30,32,40-42H,2-14,21,31H2,1H3/t40?,41-,42+,45?/m1/s1. The SMILES string of the molecule is CCCCCCCCCCCCCCCCN=CC12c3ccccc3C(c3ccccc31)[C@H]1C(=O)N(c3cccc4ccccc34)C(=O)[C@H]12.